The first-order valence-corrected chi connectivity index (χ1v) is 9.43. The molecular weight excluding hydrogens is 368 g/mol. The number of carbonyl (C=O) groups is 1. The molecule has 1 fully saturated rings. The van der Waals surface area contributed by atoms with E-state index in [0.29, 0.717) is 21.1 Å². The van der Waals surface area contributed by atoms with E-state index in [9.17, 15) is 4.79 Å². The minimum absolute atomic E-state index is 0.0730. The molecule has 0 aliphatic carbocycles. The molecule has 3 rings (SSSR count). The van der Waals surface area contributed by atoms with Gasteiger partial charge in [-0.25, -0.2) is 0 Å². The predicted molar refractivity (Wildman–Crippen MR) is 96.4 cm³/mol. The Morgan fingerprint density at radius 2 is 2.00 bits per heavy atom. The number of benzene rings is 1. The van der Waals surface area contributed by atoms with Crippen molar-refractivity contribution in [1.82, 2.24) is 4.90 Å². The third-order valence-corrected chi connectivity index (χ3v) is 6.48. The fraction of sp³-hybridized carbons (Fsp3) is 0.400. The van der Waals surface area contributed by atoms with Crippen LogP contribution >= 0.6 is 39.0 Å². The number of thiophene rings is 1. The Morgan fingerprint density at radius 1 is 1.33 bits per heavy atom. The van der Waals surface area contributed by atoms with Gasteiger partial charge in [0.25, 0.3) is 5.91 Å². The Kier molecular flexibility index (Phi) is 4.21. The lowest BCUT2D eigenvalue weighted by Gasteiger charge is -2.34. The number of hydrogen-bond acceptors (Lipinski definition) is 4. The molecule has 1 aliphatic rings. The lowest BCUT2D eigenvalue weighted by atomic mass is 10.2. The molecule has 1 amide bonds. The largest absolute Gasteiger partial charge is 0.397 e. The number of nitrogens with two attached hydrogens (primary N) is 1. The van der Waals surface area contributed by atoms with E-state index < -0.39 is 0 Å². The van der Waals surface area contributed by atoms with Crippen molar-refractivity contribution >= 4 is 60.7 Å². The number of nitrogens with zero attached hydrogens (tertiary/aromatic N) is 1. The molecule has 2 N–H and O–H groups in total. The maximum Gasteiger partial charge on any atom is 0.266 e. The van der Waals surface area contributed by atoms with Gasteiger partial charge < -0.3 is 10.6 Å². The molecule has 2 unspecified atom stereocenters. The summed E-state index contributed by atoms with van der Waals surface area (Å²) in [5.74, 6) is 0.0730. The van der Waals surface area contributed by atoms with E-state index in [2.05, 4.69) is 29.8 Å². The third kappa shape index (κ3) is 2.94. The number of halogens is 1. The standard InChI is InChI=1S/C15H17BrN2OS2/c1-8-6-18(7-9(2)20-8)15(19)14-13(17)11-5-10(16)3-4-12(11)21-14/h3-5,8-9H,6-7,17H2,1-2H3. The molecule has 1 saturated heterocycles. The molecule has 1 aromatic heterocycles. The molecule has 3 nitrogen and oxygen atoms in total. The minimum atomic E-state index is 0.0730. The minimum Gasteiger partial charge on any atom is -0.397 e. The van der Waals surface area contributed by atoms with Gasteiger partial charge in [0, 0.05) is 38.1 Å². The van der Waals surface area contributed by atoms with Crippen LogP contribution in [0.3, 0.4) is 0 Å². The van der Waals surface area contributed by atoms with Gasteiger partial charge in [-0.1, -0.05) is 29.8 Å². The lowest BCUT2D eigenvalue weighted by molar-refractivity contribution is 0.0759. The molecule has 1 aromatic carbocycles. The smallest absolute Gasteiger partial charge is 0.266 e. The Labute approximate surface area is 141 Å². The van der Waals surface area contributed by atoms with Crippen LogP contribution in [-0.4, -0.2) is 34.4 Å². The number of hydrogen-bond donors (Lipinski definition) is 1. The van der Waals surface area contributed by atoms with E-state index in [4.69, 9.17) is 5.73 Å². The molecule has 0 bridgehead atoms. The zero-order chi connectivity index (χ0) is 15.1. The summed E-state index contributed by atoms with van der Waals surface area (Å²) in [6, 6.07) is 5.97. The highest BCUT2D eigenvalue weighted by Crippen LogP contribution is 2.37. The van der Waals surface area contributed by atoms with E-state index >= 15 is 0 Å². The summed E-state index contributed by atoms with van der Waals surface area (Å²) in [4.78, 5) is 15.4. The van der Waals surface area contributed by atoms with E-state index in [0.717, 1.165) is 27.6 Å². The summed E-state index contributed by atoms with van der Waals surface area (Å²) in [6.45, 7) is 5.94. The Hall–Kier alpha value is -0.720. The molecular formula is C15H17BrN2OS2. The second kappa shape index (κ2) is 5.82. The van der Waals surface area contributed by atoms with Crippen LogP contribution in [0.2, 0.25) is 0 Å². The summed E-state index contributed by atoms with van der Waals surface area (Å²) >= 11 is 6.89. The summed E-state index contributed by atoms with van der Waals surface area (Å²) in [6.07, 6.45) is 0. The van der Waals surface area contributed by atoms with Gasteiger partial charge in [0.1, 0.15) is 4.88 Å². The van der Waals surface area contributed by atoms with Crippen molar-refractivity contribution in [2.75, 3.05) is 18.8 Å². The summed E-state index contributed by atoms with van der Waals surface area (Å²) in [7, 11) is 0. The molecule has 0 spiro atoms. The van der Waals surface area contributed by atoms with Crippen LogP contribution in [0.25, 0.3) is 10.1 Å². The highest BCUT2D eigenvalue weighted by Gasteiger charge is 2.29. The summed E-state index contributed by atoms with van der Waals surface area (Å²) in [5.41, 5.74) is 6.83. The number of thioether (sulfide) groups is 1. The van der Waals surface area contributed by atoms with E-state index in [1.165, 1.54) is 11.3 Å². The molecule has 112 valence electrons. The number of amides is 1. The second-order valence-corrected chi connectivity index (χ2v) is 9.30. The number of nitrogen functional groups attached to an aromatic ring is 1. The van der Waals surface area contributed by atoms with Crippen LogP contribution in [0.1, 0.15) is 23.5 Å². The highest BCUT2D eigenvalue weighted by molar-refractivity contribution is 9.10. The van der Waals surface area contributed by atoms with Gasteiger partial charge in [0.2, 0.25) is 0 Å². The Morgan fingerprint density at radius 3 is 2.67 bits per heavy atom. The zero-order valence-electron chi connectivity index (χ0n) is 11.9. The van der Waals surface area contributed by atoms with Gasteiger partial charge in [0.15, 0.2) is 0 Å². The fourth-order valence-electron chi connectivity index (χ4n) is 2.74. The van der Waals surface area contributed by atoms with Gasteiger partial charge in [-0.3, -0.25) is 4.79 Å². The number of fused-ring (bicyclic) bond motifs is 1. The molecule has 0 saturated carbocycles. The SMILES string of the molecule is CC1CN(C(=O)c2sc3ccc(Br)cc3c2N)CC(C)S1. The molecule has 2 aromatic rings. The van der Waals surface area contributed by atoms with Crippen LogP contribution in [0.5, 0.6) is 0 Å². The van der Waals surface area contributed by atoms with Crippen molar-refractivity contribution in [3.05, 3.63) is 27.5 Å². The van der Waals surface area contributed by atoms with Crippen molar-refractivity contribution < 1.29 is 4.79 Å². The highest BCUT2D eigenvalue weighted by atomic mass is 79.9. The average molecular weight is 385 g/mol. The summed E-state index contributed by atoms with van der Waals surface area (Å²) in [5, 5.41) is 1.91. The van der Waals surface area contributed by atoms with E-state index in [1.807, 2.05) is 34.9 Å². The average Bonchev–Trinajstić information content (AvgIpc) is 2.74. The third-order valence-electron chi connectivity index (χ3n) is 3.59. The first-order valence-electron chi connectivity index (χ1n) is 6.88. The number of rotatable bonds is 1. The van der Waals surface area contributed by atoms with Gasteiger partial charge >= 0.3 is 0 Å². The first kappa shape index (κ1) is 15.2. The van der Waals surface area contributed by atoms with Crippen LogP contribution in [0.15, 0.2) is 22.7 Å². The van der Waals surface area contributed by atoms with Crippen molar-refractivity contribution in [3.8, 4) is 0 Å². The van der Waals surface area contributed by atoms with Crippen LogP contribution < -0.4 is 5.73 Å². The van der Waals surface area contributed by atoms with E-state index in [1.54, 1.807) is 0 Å². The molecule has 0 radical (unpaired) electrons. The Bertz CT molecular complexity index is 690. The van der Waals surface area contributed by atoms with Gasteiger partial charge in [-0.05, 0) is 18.2 Å². The predicted octanol–water partition coefficient (Wildman–Crippen LogP) is 4.21. The second-order valence-electron chi connectivity index (χ2n) is 5.45. The lowest BCUT2D eigenvalue weighted by Crippen LogP contribution is -2.43. The Balaban J connectivity index is 1.96. The first-order chi connectivity index (χ1) is 9.95. The van der Waals surface area contributed by atoms with Gasteiger partial charge in [0.05, 0.1) is 5.69 Å². The zero-order valence-corrected chi connectivity index (χ0v) is 15.1. The monoisotopic (exact) mass is 384 g/mol. The normalized spacial score (nSPS) is 22.7. The molecule has 21 heavy (non-hydrogen) atoms. The molecule has 6 heteroatoms. The van der Waals surface area contributed by atoms with Crippen LogP contribution in [0.4, 0.5) is 5.69 Å². The maximum atomic E-state index is 12.8. The van der Waals surface area contributed by atoms with E-state index in [-0.39, 0.29) is 5.91 Å². The number of anilines is 1. The van der Waals surface area contributed by atoms with Crippen molar-refractivity contribution in [2.45, 2.75) is 24.3 Å². The topological polar surface area (TPSA) is 46.3 Å². The van der Waals surface area contributed by atoms with Gasteiger partial charge in [-0.2, -0.15) is 11.8 Å². The molecule has 2 atom stereocenters. The maximum absolute atomic E-state index is 12.8. The van der Waals surface area contributed by atoms with Crippen molar-refractivity contribution in [1.29, 1.82) is 0 Å². The van der Waals surface area contributed by atoms with Crippen molar-refractivity contribution in [3.63, 3.8) is 0 Å². The van der Waals surface area contributed by atoms with Crippen LogP contribution in [0, 0.1) is 0 Å². The fourth-order valence-corrected chi connectivity index (χ4v) is 5.49. The molecule has 1 aliphatic heterocycles. The number of carbonyl (C=O) groups excluding carboxylic acids is 1. The van der Waals surface area contributed by atoms with Crippen molar-refractivity contribution in [2.24, 2.45) is 0 Å². The molecule has 2 heterocycles. The van der Waals surface area contributed by atoms with Gasteiger partial charge in [-0.15, -0.1) is 11.3 Å². The summed E-state index contributed by atoms with van der Waals surface area (Å²) < 4.78 is 2.04. The quantitative estimate of drug-likeness (QED) is 0.800. The van der Waals surface area contributed by atoms with Crippen LogP contribution in [-0.2, 0) is 0 Å².